The van der Waals surface area contributed by atoms with Crippen molar-refractivity contribution in [2.75, 3.05) is 6.54 Å². The highest BCUT2D eigenvalue weighted by Crippen LogP contribution is 2.32. The summed E-state index contributed by atoms with van der Waals surface area (Å²) < 4.78 is 0. The Kier molecular flexibility index (Phi) is 3.33. The largest absolute Gasteiger partial charge is 0.507 e. The van der Waals surface area contributed by atoms with Crippen LogP contribution in [0.2, 0.25) is 0 Å². The summed E-state index contributed by atoms with van der Waals surface area (Å²) in [5.41, 5.74) is 6.66. The van der Waals surface area contributed by atoms with E-state index in [9.17, 15) is 9.90 Å². The molecule has 2 rings (SSSR count). The summed E-state index contributed by atoms with van der Waals surface area (Å²) in [5.74, 6) is 0.320. The lowest BCUT2D eigenvalue weighted by molar-refractivity contribution is 0.0930. The Morgan fingerprint density at radius 2 is 2.29 bits per heavy atom. The predicted molar refractivity (Wildman–Crippen MR) is 65.9 cm³/mol. The monoisotopic (exact) mass is 234 g/mol. The number of hydrogen-bond donors (Lipinski definition) is 3. The number of carbonyl (C=O) groups excluding carboxylic acids is 1. The van der Waals surface area contributed by atoms with E-state index in [1.807, 2.05) is 0 Å². The van der Waals surface area contributed by atoms with Crippen molar-refractivity contribution in [3.63, 3.8) is 0 Å². The van der Waals surface area contributed by atoms with Gasteiger partial charge in [0, 0.05) is 12.6 Å². The maximum atomic E-state index is 12.0. The molecule has 1 aliphatic rings. The van der Waals surface area contributed by atoms with Gasteiger partial charge in [0.1, 0.15) is 5.75 Å². The summed E-state index contributed by atoms with van der Waals surface area (Å²) in [6.07, 6.45) is 2.25. The standard InChI is InChI=1S/C13H18N2O2/c1-8-3-2-4-10(12(8)16)13(17)15-11(7-14)9-5-6-9/h2-4,9,11,16H,5-7,14H2,1H3,(H,15,17). The molecule has 4 N–H and O–H groups in total. The van der Waals surface area contributed by atoms with Gasteiger partial charge in [0.25, 0.3) is 5.91 Å². The maximum absolute atomic E-state index is 12.0. The van der Waals surface area contributed by atoms with Gasteiger partial charge in [0.2, 0.25) is 0 Å². The summed E-state index contributed by atoms with van der Waals surface area (Å²) in [6, 6.07) is 5.19. The molecule has 1 atom stereocenters. The fourth-order valence-electron chi connectivity index (χ4n) is 1.96. The zero-order valence-electron chi connectivity index (χ0n) is 9.94. The van der Waals surface area contributed by atoms with Crippen LogP contribution in [0.15, 0.2) is 18.2 Å². The molecule has 0 aromatic heterocycles. The van der Waals surface area contributed by atoms with Crippen LogP contribution in [-0.2, 0) is 0 Å². The van der Waals surface area contributed by atoms with Crippen molar-refractivity contribution in [1.82, 2.24) is 5.32 Å². The molecular weight excluding hydrogens is 216 g/mol. The molecule has 0 spiro atoms. The number of amides is 1. The van der Waals surface area contributed by atoms with Crippen molar-refractivity contribution >= 4 is 5.91 Å². The second-order valence-corrected chi connectivity index (χ2v) is 4.62. The molecule has 0 heterocycles. The van der Waals surface area contributed by atoms with Gasteiger partial charge in [0.05, 0.1) is 5.56 Å². The predicted octanol–water partition coefficient (Wildman–Crippen LogP) is 1.17. The molecule has 1 saturated carbocycles. The van der Waals surface area contributed by atoms with Crippen LogP contribution < -0.4 is 11.1 Å². The number of phenolic OH excluding ortho intramolecular Hbond substituents is 1. The highest BCUT2D eigenvalue weighted by atomic mass is 16.3. The molecule has 1 aliphatic carbocycles. The van der Waals surface area contributed by atoms with Gasteiger partial charge in [-0.05, 0) is 37.3 Å². The molecule has 0 aliphatic heterocycles. The highest BCUT2D eigenvalue weighted by Gasteiger charge is 2.31. The van der Waals surface area contributed by atoms with Crippen LogP contribution in [0.5, 0.6) is 5.75 Å². The van der Waals surface area contributed by atoms with Gasteiger partial charge >= 0.3 is 0 Å². The highest BCUT2D eigenvalue weighted by molar-refractivity contribution is 5.97. The van der Waals surface area contributed by atoms with E-state index in [1.165, 1.54) is 0 Å². The van der Waals surface area contributed by atoms with Gasteiger partial charge < -0.3 is 16.2 Å². The number of benzene rings is 1. The number of nitrogens with two attached hydrogens (primary N) is 1. The van der Waals surface area contributed by atoms with E-state index >= 15 is 0 Å². The quantitative estimate of drug-likeness (QED) is 0.732. The van der Waals surface area contributed by atoms with Crippen LogP contribution in [0.4, 0.5) is 0 Å². The lowest BCUT2D eigenvalue weighted by Crippen LogP contribution is -2.41. The van der Waals surface area contributed by atoms with Crippen molar-refractivity contribution in [2.24, 2.45) is 11.7 Å². The Balaban J connectivity index is 2.11. The van der Waals surface area contributed by atoms with E-state index in [0.29, 0.717) is 23.6 Å². The van der Waals surface area contributed by atoms with Gasteiger partial charge in [0.15, 0.2) is 0 Å². The Labute approximate surface area is 101 Å². The fourth-order valence-corrected chi connectivity index (χ4v) is 1.96. The second-order valence-electron chi connectivity index (χ2n) is 4.62. The molecule has 0 saturated heterocycles. The van der Waals surface area contributed by atoms with E-state index in [0.717, 1.165) is 12.8 Å². The Bertz CT molecular complexity index is 427. The maximum Gasteiger partial charge on any atom is 0.255 e. The zero-order valence-corrected chi connectivity index (χ0v) is 9.94. The summed E-state index contributed by atoms with van der Waals surface area (Å²) >= 11 is 0. The summed E-state index contributed by atoms with van der Waals surface area (Å²) in [7, 11) is 0. The Hall–Kier alpha value is -1.55. The molecule has 0 bridgehead atoms. The van der Waals surface area contributed by atoms with Gasteiger partial charge in [-0.1, -0.05) is 12.1 Å². The summed E-state index contributed by atoms with van der Waals surface area (Å²) in [6.45, 7) is 2.22. The first-order valence-corrected chi connectivity index (χ1v) is 5.93. The van der Waals surface area contributed by atoms with Crippen LogP contribution in [0.3, 0.4) is 0 Å². The lowest BCUT2D eigenvalue weighted by atomic mass is 10.1. The van der Waals surface area contributed by atoms with Gasteiger partial charge in [-0.3, -0.25) is 4.79 Å². The topological polar surface area (TPSA) is 75.4 Å². The van der Waals surface area contributed by atoms with Crippen molar-refractivity contribution in [1.29, 1.82) is 0 Å². The molecule has 17 heavy (non-hydrogen) atoms. The average Bonchev–Trinajstić information content (AvgIpc) is 3.13. The second kappa shape index (κ2) is 4.75. The third-order valence-corrected chi connectivity index (χ3v) is 3.24. The van der Waals surface area contributed by atoms with E-state index in [1.54, 1.807) is 25.1 Å². The van der Waals surface area contributed by atoms with Crippen molar-refractivity contribution in [3.05, 3.63) is 29.3 Å². The van der Waals surface area contributed by atoms with E-state index in [4.69, 9.17) is 5.73 Å². The first-order chi connectivity index (χ1) is 8.13. The molecule has 0 radical (unpaired) electrons. The van der Waals surface area contributed by atoms with E-state index in [2.05, 4.69) is 5.32 Å². The lowest BCUT2D eigenvalue weighted by Gasteiger charge is -2.16. The zero-order chi connectivity index (χ0) is 12.4. The first kappa shape index (κ1) is 11.9. The number of nitrogens with one attached hydrogen (secondary N) is 1. The average molecular weight is 234 g/mol. The molecule has 1 fully saturated rings. The molecule has 1 aromatic carbocycles. The third-order valence-electron chi connectivity index (χ3n) is 3.24. The van der Waals surface area contributed by atoms with Gasteiger partial charge in [-0.25, -0.2) is 0 Å². The van der Waals surface area contributed by atoms with Crippen molar-refractivity contribution in [3.8, 4) is 5.75 Å². The normalized spacial score (nSPS) is 16.6. The van der Waals surface area contributed by atoms with Crippen LogP contribution in [-0.4, -0.2) is 23.6 Å². The molecule has 4 heteroatoms. The molecule has 4 nitrogen and oxygen atoms in total. The van der Waals surface area contributed by atoms with Crippen LogP contribution in [0.25, 0.3) is 0 Å². The number of para-hydroxylation sites is 1. The SMILES string of the molecule is Cc1cccc(C(=O)NC(CN)C2CC2)c1O. The number of carbonyl (C=O) groups is 1. The van der Waals surface area contributed by atoms with E-state index < -0.39 is 0 Å². The van der Waals surface area contributed by atoms with Crippen LogP contribution >= 0.6 is 0 Å². The number of hydrogen-bond acceptors (Lipinski definition) is 3. The summed E-state index contributed by atoms with van der Waals surface area (Å²) in [4.78, 5) is 12.0. The van der Waals surface area contributed by atoms with Crippen LogP contribution in [0.1, 0.15) is 28.8 Å². The minimum Gasteiger partial charge on any atom is -0.507 e. The summed E-state index contributed by atoms with van der Waals surface area (Å²) in [5, 5.41) is 12.7. The smallest absolute Gasteiger partial charge is 0.255 e. The molecule has 1 unspecified atom stereocenters. The third kappa shape index (κ3) is 2.58. The van der Waals surface area contributed by atoms with Crippen LogP contribution in [0, 0.1) is 12.8 Å². The number of aromatic hydroxyl groups is 1. The van der Waals surface area contributed by atoms with Crippen molar-refractivity contribution in [2.45, 2.75) is 25.8 Å². The minimum atomic E-state index is -0.242. The number of phenols is 1. The molecular formula is C13H18N2O2. The molecule has 1 amide bonds. The molecule has 92 valence electrons. The van der Waals surface area contributed by atoms with Gasteiger partial charge in [-0.15, -0.1) is 0 Å². The Morgan fingerprint density at radius 1 is 1.59 bits per heavy atom. The Morgan fingerprint density at radius 3 is 2.88 bits per heavy atom. The van der Waals surface area contributed by atoms with E-state index in [-0.39, 0.29) is 17.7 Å². The minimum absolute atomic E-state index is 0.0300. The van der Waals surface area contributed by atoms with Gasteiger partial charge in [-0.2, -0.15) is 0 Å². The first-order valence-electron chi connectivity index (χ1n) is 5.93. The fraction of sp³-hybridized carbons (Fsp3) is 0.462. The number of rotatable bonds is 4. The van der Waals surface area contributed by atoms with Crippen molar-refractivity contribution < 1.29 is 9.90 Å². The molecule has 1 aromatic rings. The number of aryl methyl sites for hydroxylation is 1.